The number of aryl methyl sites for hydroxylation is 1. The molecule has 0 aromatic heterocycles. The second-order valence-corrected chi connectivity index (χ2v) is 5.45. The van der Waals surface area contributed by atoms with Crippen molar-refractivity contribution in [2.24, 2.45) is 5.92 Å². The van der Waals surface area contributed by atoms with Crippen molar-refractivity contribution in [3.8, 4) is 0 Å². The third-order valence-electron chi connectivity index (χ3n) is 3.83. The van der Waals surface area contributed by atoms with Gasteiger partial charge in [-0.05, 0) is 30.0 Å². The molecule has 0 aliphatic carbocycles. The maximum absolute atomic E-state index is 12.3. The molecule has 120 valence electrons. The zero-order valence-electron chi connectivity index (χ0n) is 13.2. The highest BCUT2D eigenvalue weighted by Crippen LogP contribution is 2.11. The van der Waals surface area contributed by atoms with Crippen molar-refractivity contribution in [3.63, 3.8) is 0 Å². The van der Waals surface area contributed by atoms with Gasteiger partial charge in [0.25, 0.3) is 5.91 Å². The molecular formula is C19H21NO3. The van der Waals surface area contributed by atoms with Gasteiger partial charge in [-0.1, -0.05) is 55.5 Å². The van der Waals surface area contributed by atoms with Crippen molar-refractivity contribution in [3.05, 3.63) is 71.3 Å². The van der Waals surface area contributed by atoms with Crippen molar-refractivity contribution in [1.29, 1.82) is 0 Å². The Bertz CT molecular complexity index is 667. The van der Waals surface area contributed by atoms with Crippen molar-refractivity contribution in [2.75, 3.05) is 6.54 Å². The Labute approximate surface area is 136 Å². The normalized spacial score (nSPS) is 11.7. The number of amides is 1. The molecule has 2 aromatic carbocycles. The average Bonchev–Trinajstić information content (AvgIpc) is 2.58. The summed E-state index contributed by atoms with van der Waals surface area (Å²) < 4.78 is 0. The number of rotatable bonds is 7. The topological polar surface area (TPSA) is 66.4 Å². The minimum absolute atomic E-state index is 0.112. The van der Waals surface area contributed by atoms with E-state index in [-0.39, 0.29) is 12.5 Å². The fourth-order valence-corrected chi connectivity index (χ4v) is 2.51. The van der Waals surface area contributed by atoms with Crippen LogP contribution in [0.3, 0.4) is 0 Å². The van der Waals surface area contributed by atoms with Crippen molar-refractivity contribution < 1.29 is 14.7 Å². The summed E-state index contributed by atoms with van der Waals surface area (Å²) in [5.41, 5.74) is 2.52. The lowest BCUT2D eigenvalue weighted by molar-refractivity contribution is -0.141. The van der Waals surface area contributed by atoms with E-state index in [9.17, 15) is 14.7 Å². The Morgan fingerprint density at radius 1 is 1.04 bits per heavy atom. The van der Waals surface area contributed by atoms with Crippen LogP contribution < -0.4 is 5.32 Å². The Hall–Kier alpha value is -2.62. The highest BCUT2D eigenvalue weighted by molar-refractivity contribution is 5.95. The number of carbonyl (C=O) groups excluding carboxylic acids is 1. The van der Waals surface area contributed by atoms with Gasteiger partial charge in [0.2, 0.25) is 0 Å². The second-order valence-electron chi connectivity index (χ2n) is 5.45. The molecule has 2 aromatic rings. The monoisotopic (exact) mass is 311 g/mol. The van der Waals surface area contributed by atoms with Gasteiger partial charge in [-0.15, -0.1) is 0 Å². The van der Waals surface area contributed by atoms with Gasteiger partial charge in [-0.25, -0.2) is 0 Å². The summed E-state index contributed by atoms with van der Waals surface area (Å²) in [7, 11) is 0. The molecule has 0 bridgehead atoms. The molecule has 1 amide bonds. The van der Waals surface area contributed by atoms with E-state index in [4.69, 9.17) is 0 Å². The number of carboxylic acid groups (broad SMARTS) is 1. The van der Waals surface area contributed by atoms with Crippen LogP contribution in [0.25, 0.3) is 0 Å². The van der Waals surface area contributed by atoms with Gasteiger partial charge in [0.1, 0.15) is 0 Å². The number of carboxylic acids is 1. The SMILES string of the molecule is CCc1ccccc1C(=O)NCC(Cc1ccccc1)C(=O)O. The fourth-order valence-electron chi connectivity index (χ4n) is 2.51. The van der Waals surface area contributed by atoms with Crippen molar-refractivity contribution in [2.45, 2.75) is 19.8 Å². The fraction of sp³-hybridized carbons (Fsp3) is 0.263. The van der Waals surface area contributed by atoms with E-state index in [0.717, 1.165) is 17.5 Å². The molecule has 0 heterocycles. The Kier molecular flexibility index (Phi) is 5.92. The highest BCUT2D eigenvalue weighted by atomic mass is 16.4. The van der Waals surface area contributed by atoms with Crippen LogP contribution >= 0.6 is 0 Å². The Morgan fingerprint density at radius 3 is 2.35 bits per heavy atom. The highest BCUT2D eigenvalue weighted by Gasteiger charge is 2.20. The third-order valence-corrected chi connectivity index (χ3v) is 3.83. The Morgan fingerprint density at radius 2 is 1.70 bits per heavy atom. The smallest absolute Gasteiger partial charge is 0.308 e. The van der Waals surface area contributed by atoms with Crippen LogP contribution in [0.1, 0.15) is 28.4 Å². The standard InChI is InChI=1S/C19H21NO3/c1-2-15-10-6-7-11-17(15)18(21)20-13-16(19(22)23)12-14-8-4-3-5-9-14/h3-11,16H,2,12-13H2,1H3,(H,20,21)(H,22,23). The predicted octanol–water partition coefficient (Wildman–Crippen LogP) is 2.92. The molecule has 0 saturated heterocycles. The molecule has 4 nitrogen and oxygen atoms in total. The number of carbonyl (C=O) groups is 2. The lowest BCUT2D eigenvalue weighted by Crippen LogP contribution is -2.34. The van der Waals surface area contributed by atoms with Crippen LogP contribution in [-0.4, -0.2) is 23.5 Å². The van der Waals surface area contributed by atoms with Gasteiger partial charge < -0.3 is 10.4 Å². The first-order chi connectivity index (χ1) is 11.1. The van der Waals surface area contributed by atoms with Gasteiger partial charge in [-0.2, -0.15) is 0 Å². The van der Waals surface area contributed by atoms with E-state index in [0.29, 0.717) is 12.0 Å². The van der Waals surface area contributed by atoms with Gasteiger partial charge in [0.15, 0.2) is 0 Å². The van der Waals surface area contributed by atoms with Gasteiger partial charge >= 0.3 is 5.97 Å². The summed E-state index contributed by atoms with van der Waals surface area (Å²) >= 11 is 0. The number of aliphatic carboxylic acids is 1. The van der Waals surface area contributed by atoms with E-state index in [2.05, 4.69) is 5.32 Å². The molecule has 1 unspecified atom stereocenters. The maximum atomic E-state index is 12.3. The molecule has 2 rings (SSSR count). The van der Waals surface area contributed by atoms with Crippen LogP contribution in [0, 0.1) is 5.92 Å². The van der Waals surface area contributed by atoms with Crippen LogP contribution in [0.5, 0.6) is 0 Å². The Balaban J connectivity index is 2.01. The van der Waals surface area contributed by atoms with Crippen molar-refractivity contribution >= 4 is 11.9 Å². The second kappa shape index (κ2) is 8.13. The summed E-state index contributed by atoms with van der Waals surface area (Å²) in [5, 5.41) is 12.1. The van der Waals surface area contributed by atoms with Gasteiger partial charge in [0, 0.05) is 12.1 Å². The maximum Gasteiger partial charge on any atom is 0.308 e. The molecule has 0 aliphatic heterocycles. The minimum atomic E-state index is -0.905. The van der Waals surface area contributed by atoms with E-state index >= 15 is 0 Å². The average molecular weight is 311 g/mol. The lowest BCUT2D eigenvalue weighted by Gasteiger charge is -2.14. The lowest BCUT2D eigenvalue weighted by atomic mass is 9.99. The van der Waals surface area contributed by atoms with Crippen LogP contribution in [-0.2, 0) is 17.6 Å². The number of nitrogens with one attached hydrogen (secondary N) is 1. The van der Waals surface area contributed by atoms with E-state index < -0.39 is 11.9 Å². The first-order valence-corrected chi connectivity index (χ1v) is 7.74. The third kappa shape index (κ3) is 4.68. The van der Waals surface area contributed by atoms with Crippen LogP contribution in [0.15, 0.2) is 54.6 Å². The zero-order chi connectivity index (χ0) is 16.7. The summed E-state index contributed by atoms with van der Waals surface area (Å²) in [5.74, 6) is -1.77. The molecule has 0 fully saturated rings. The van der Waals surface area contributed by atoms with E-state index in [1.807, 2.05) is 55.5 Å². The van der Waals surface area contributed by atoms with Crippen molar-refractivity contribution in [1.82, 2.24) is 5.32 Å². The summed E-state index contributed by atoms with van der Waals surface area (Å²) in [6.07, 6.45) is 1.15. The molecule has 2 N–H and O–H groups in total. The molecule has 23 heavy (non-hydrogen) atoms. The van der Waals surface area contributed by atoms with Gasteiger partial charge in [-0.3, -0.25) is 9.59 Å². The molecule has 0 saturated carbocycles. The molecular weight excluding hydrogens is 290 g/mol. The minimum Gasteiger partial charge on any atom is -0.481 e. The number of benzene rings is 2. The molecule has 0 aliphatic rings. The summed E-state index contributed by atoms with van der Waals surface area (Å²) in [4.78, 5) is 23.7. The first-order valence-electron chi connectivity index (χ1n) is 7.74. The zero-order valence-corrected chi connectivity index (χ0v) is 13.2. The first kappa shape index (κ1) is 16.7. The summed E-state index contributed by atoms with van der Waals surface area (Å²) in [6, 6.07) is 16.8. The number of hydrogen-bond acceptors (Lipinski definition) is 2. The largest absolute Gasteiger partial charge is 0.481 e. The molecule has 0 spiro atoms. The predicted molar refractivity (Wildman–Crippen MR) is 89.4 cm³/mol. The number of hydrogen-bond donors (Lipinski definition) is 2. The quantitative estimate of drug-likeness (QED) is 0.826. The van der Waals surface area contributed by atoms with Crippen LogP contribution in [0.4, 0.5) is 0 Å². The summed E-state index contributed by atoms with van der Waals surface area (Å²) in [6.45, 7) is 2.10. The van der Waals surface area contributed by atoms with Gasteiger partial charge in [0.05, 0.1) is 5.92 Å². The van der Waals surface area contributed by atoms with E-state index in [1.165, 1.54) is 0 Å². The molecule has 4 heteroatoms. The van der Waals surface area contributed by atoms with E-state index in [1.54, 1.807) is 6.07 Å². The molecule has 0 radical (unpaired) electrons. The molecule has 1 atom stereocenters. The van der Waals surface area contributed by atoms with Crippen LogP contribution in [0.2, 0.25) is 0 Å².